The van der Waals surface area contributed by atoms with Gasteiger partial charge in [-0.3, -0.25) is 0 Å². The first-order valence-corrected chi connectivity index (χ1v) is 5.92. The molecule has 0 aliphatic heterocycles. The summed E-state index contributed by atoms with van der Waals surface area (Å²) in [6, 6.07) is 6.68. The molecule has 1 aromatic rings. The molecule has 2 rings (SSSR count). The minimum absolute atomic E-state index is 0.775. The van der Waals surface area contributed by atoms with E-state index in [-0.39, 0.29) is 0 Å². The fourth-order valence-corrected chi connectivity index (χ4v) is 2.84. The van der Waals surface area contributed by atoms with Crippen molar-refractivity contribution in [3.8, 4) is 0 Å². The maximum absolute atomic E-state index is 3.65. The molecule has 1 aliphatic carbocycles. The summed E-state index contributed by atoms with van der Waals surface area (Å²) >= 11 is 3.65. The molecule has 1 saturated carbocycles. The summed E-state index contributed by atoms with van der Waals surface area (Å²) in [4.78, 5) is 0. The normalized spacial score (nSPS) is 25.1. The van der Waals surface area contributed by atoms with Crippen molar-refractivity contribution in [3.05, 3.63) is 33.8 Å². The zero-order valence-corrected chi connectivity index (χ0v) is 10.3. The Bertz CT molecular complexity index is 335. The Balaban J connectivity index is 2.11. The Morgan fingerprint density at radius 3 is 2.93 bits per heavy atom. The molecule has 2 atom stereocenters. The Morgan fingerprint density at radius 2 is 2.29 bits per heavy atom. The van der Waals surface area contributed by atoms with Gasteiger partial charge in [0.2, 0.25) is 0 Å². The van der Waals surface area contributed by atoms with Crippen LogP contribution >= 0.6 is 15.9 Å². The third-order valence-electron chi connectivity index (χ3n) is 2.94. The van der Waals surface area contributed by atoms with E-state index in [9.17, 15) is 0 Å². The SMILES string of the molecule is CNCC1CC1c1ccc(C)cc1Br. The molecule has 14 heavy (non-hydrogen) atoms. The minimum atomic E-state index is 0.775. The average Bonchev–Trinajstić information content (AvgIpc) is 2.84. The van der Waals surface area contributed by atoms with Crippen molar-refractivity contribution in [2.24, 2.45) is 5.92 Å². The van der Waals surface area contributed by atoms with Gasteiger partial charge in [0.25, 0.3) is 0 Å². The van der Waals surface area contributed by atoms with Crippen LogP contribution in [0.1, 0.15) is 23.5 Å². The number of rotatable bonds is 3. The van der Waals surface area contributed by atoms with Gasteiger partial charge in [0.05, 0.1) is 0 Å². The molecule has 1 aliphatic rings. The second kappa shape index (κ2) is 4.03. The third kappa shape index (κ3) is 2.01. The van der Waals surface area contributed by atoms with Gasteiger partial charge >= 0.3 is 0 Å². The summed E-state index contributed by atoms with van der Waals surface area (Å²) in [7, 11) is 2.03. The van der Waals surface area contributed by atoms with E-state index in [1.54, 1.807) is 0 Å². The smallest absolute Gasteiger partial charge is 0.0212 e. The predicted molar refractivity (Wildman–Crippen MR) is 63.7 cm³/mol. The van der Waals surface area contributed by atoms with Gasteiger partial charge in [0.1, 0.15) is 0 Å². The molecule has 0 spiro atoms. The zero-order chi connectivity index (χ0) is 10.1. The van der Waals surface area contributed by atoms with Crippen molar-refractivity contribution in [3.63, 3.8) is 0 Å². The summed E-state index contributed by atoms with van der Waals surface area (Å²) in [5, 5.41) is 3.24. The largest absolute Gasteiger partial charge is 0.319 e. The molecule has 1 nitrogen and oxygen atoms in total. The first kappa shape index (κ1) is 10.2. The number of hydrogen-bond donors (Lipinski definition) is 1. The van der Waals surface area contributed by atoms with Crippen molar-refractivity contribution in [1.82, 2.24) is 5.32 Å². The monoisotopic (exact) mass is 253 g/mol. The number of aryl methyl sites for hydroxylation is 1. The van der Waals surface area contributed by atoms with Gasteiger partial charge in [0.15, 0.2) is 0 Å². The minimum Gasteiger partial charge on any atom is -0.319 e. The van der Waals surface area contributed by atoms with Gasteiger partial charge in [-0.15, -0.1) is 0 Å². The van der Waals surface area contributed by atoms with Crippen LogP contribution in [-0.4, -0.2) is 13.6 Å². The van der Waals surface area contributed by atoms with E-state index >= 15 is 0 Å². The van der Waals surface area contributed by atoms with Gasteiger partial charge in [-0.05, 0) is 56.0 Å². The van der Waals surface area contributed by atoms with E-state index in [2.05, 4.69) is 46.4 Å². The van der Waals surface area contributed by atoms with Gasteiger partial charge in [-0.2, -0.15) is 0 Å². The molecule has 0 saturated heterocycles. The molecule has 1 aromatic carbocycles. The molecule has 0 amide bonds. The van der Waals surface area contributed by atoms with Crippen LogP contribution in [0.2, 0.25) is 0 Å². The molecule has 0 aromatic heterocycles. The topological polar surface area (TPSA) is 12.0 Å². The molecular formula is C12H16BrN. The van der Waals surface area contributed by atoms with E-state index < -0.39 is 0 Å². The lowest BCUT2D eigenvalue weighted by Gasteiger charge is -2.04. The van der Waals surface area contributed by atoms with E-state index in [4.69, 9.17) is 0 Å². The molecule has 0 bridgehead atoms. The van der Waals surface area contributed by atoms with Gasteiger partial charge in [-0.1, -0.05) is 28.1 Å². The van der Waals surface area contributed by atoms with E-state index in [1.165, 1.54) is 22.0 Å². The fraction of sp³-hybridized carbons (Fsp3) is 0.500. The highest BCUT2D eigenvalue weighted by Gasteiger charge is 2.38. The van der Waals surface area contributed by atoms with E-state index in [0.717, 1.165) is 18.4 Å². The second-order valence-corrected chi connectivity index (χ2v) is 5.04. The van der Waals surface area contributed by atoms with Crippen LogP contribution in [0.15, 0.2) is 22.7 Å². The standard InChI is InChI=1S/C12H16BrN/c1-8-3-4-10(12(13)5-8)11-6-9(11)7-14-2/h3-5,9,11,14H,6-7H2,1-2H3. The highest BCUT2D eigenvalue weighted by atomic mass is 79.9. The van der Waals surface area contributed by atoms with Crippen molar-refractivity contribution in [2.45, 2.75) is 19.3 Å². The van der Waals surface area contributed by atoms with E-state index in [0.29, 0.717) is 0 Å². The van der Waals surface area contributed by atoms with Crippen LogP contribution in [0.25, 0.3) is 0 Å². The van der Waals surface area contributed by atoms with Crippen molar-refractivity contribution in [2.75, 3.05) is 13.6 Å². The Kier molecular flexibility index (Phi) is 2.93. The lowest BCUT2D eigenvalue weighted by atomic mass is 10.1. The van der Waals surface area contributed by atoms with Crippen LogP contribution in [0.5, 0.6) is 0 Å². The lowest BCUT2D eigenvalue weighted by Crippen LogP contribution is -2.10. The van der Waals surface area contributed by atoms with Crippen LogP contribution in [0, 0.1) is 12.8 Å². The van der Waals surface area contributed by atoms with Crippen molar-refractivity contribution < 1.29 is 0 Å². The molecule has 1 N–H and O–H groups in total. The summed E-state index contributed by atoms with van der Waals surface area (Å²) < 4.78 is 1.28. The summed E-state index contributed by atoms with van der Waals surface area (Å²) in [6.45, 7) is 3.28. The average molecular weight is 254 g/mol. The lowest BCUT2D eigenvalue weighted by molar-refractivity contribution is 0.697. The quantitative estimate of drug-likeness (QED) is 0.874. The Labute approximate surface area is 94.0 Å². The molecule has 1 fully saturated rings. The number of hydrogen-bond acceptors (Lipinski definition) is 1. The Hall–Kier alpha value is -0.340. The molecule has 76 valence electrons. The van der Waals surface area contributed by atoms with Crippen LogP contribution < -0.4 is 5.32 Å². The van der Waals surface area contributed by atoms with Crippen molar-refractivity contribution in [1.29, 1.82) is 0 Å². The van der Waals surface area contributed by atoms with Gasteiger partial charge in [-0.25, -0.2) is 0 Å². The Morgan fingerprint density at radius 1 is 1.50 bits per heavy atom. The van der Waals surface area contributed by atoms with Crippen molar-refractivity contribution >= 4 is 15.9 Å². The predicted octanol–water partition coefficient (Wildman–Crippen LogP) is 3.08. The summed E-state index contributed by atoms with van der Waals surface area (Å²) in [5.74, 6) is 1.62. The maximum Gasteiger partial charge on any atom is 0.0212 e. The summed E-state index contributed by atoms with van der Waals surface area (Å²) in [5.41, 5.74) is 2.81. The number of nitrogens with one attached hydrogen (secondary N) is 1. The highest BCUT2D eigenvalue weighted by Crippen LogP contribution is 2.49. The molecule has 2 unspecified atom stereocenters. The third-order valence-corrected chi connectivity index (χ3v) is 3.63. The molecule has 0 radical (unpaired) electrons. The fourth-order valence-electron chi connectivity index (χ4n) is 2.05. The number of halogens is 1. The zero-order valence-electron chi connectivity index (χ0n) is 8.68. The first-order valence-electron chi connectivity index (χ1n) is 5.13. The van der Waals surface area contributed by atoms with Crippen LogP contribution in [0.3, 0.4) is 0 Å². The first-order chi connectivity index (χ1) is 6.72. The number of benzene rings is 1. The highest BCUT2D eigenvalue weighted by molar-refractivity contribution is 9.10. The van der Waals surface area contributed by atoms with Crippen LogP contribution in [-0.2, 0) is 0 Å². The van der Waals surface area contributed by atoms with Gasteiger partial charge < -0.3 is 5.32 Å². The molecule has 0 heterocycles. The molecular weight excluding hydrogens is 238 g/mol. The van der Waals surface area contributed by atoms with Gasteiger partial charge in [0, 0.05) is 4.47 Å². The summed E-state index contributed by atoms with van der Waals surface area (Å²) in [6.07, 6.45) is 1.34. The van der Waals surface area contributed by atoms with E-state index in [1.807, 2.05) is 7.05 Å². The van der Waals surface area contributed by atoms with Crippen LogP contribution in [0.4, 0.5) is 0 Å². The second-order valence-electron chi connectivity index (χ2n) is 4.18. The maximum atomic E-state index is 3.65. The molecule has 2 heteroatoms.